The molecule has 136 valence electrons. The van der Waals surface area contributed by atoms with Crippen LogP contribution < -0.4 is 15.5 Å². The van der Waals surface area contributed by atoms with Crippen LogP contribution in [0.2, 0.25) is 0 Å². The molecule has 3 aromatic rings. The van der Waals surface area contributed by atoms with Crippen LogP contribution in [-0.2, 0) is 0 Å². The fourth-order valence-electron chi connectivity index (χ4n) is 2.76. The van der Waals surface area contributed by atoms with Crippen LogP contribution in [0.4, 0.5) is 17.6 Å². The minimum absolute atomic E-state index is 0.253. The number of anilines is 3. The number of hydrogen-bond acceptors (Lipinski definition) is 9. The molecule has 1 aliphatic rings. The second kappa shape index (κ2) is 7.10. The van der Waals surface area contributed by atoms with E-state index in [2.05, 4.69) is 52.8 Å². The predicted octanol–water partition coefficient (Wildman–Crippen LogP) is 1.07. The first-order valence-corrected chi connectivity index (χ1v) is 8.40. The zero-order valence-electron chi connectivity index (χ0n) is 14.7. The Balaban J connectivity index is 1.53. The largest absolute Gasteiger partial charge is 0.467 e. The molecule has 10 nitrogen and oxygen atoms in total. The molecule has 1 aromatic carbocycles. The van der Waals surface area contributed by atoms with Crippen molar-refractivity contribution in [2.75, 3.05) is 51.1 Å². The molecule has 1 saturated heterocycles. The second-order valence-electron chi connectivity index (χ2n) is 6.17. The minimum Gasteiger partial charge on any atom is -0.467 e. The lowest BCUT2D eigenvalue weighted by molar-refractivity contribution is 0.178. The molecule has 0 unspecified atom stereocenters. The minimum atomic E-state index is 0.253. The van der Waals surface area contributed by atoms with Crippen LogP contribution in [0.15, 0.2) is 24.4 Å². The quantitative estimate of drug-likeness (QED) is 0.619. The number of nitrogens with one attached hydrogen (secondary N) is 3. The Bertz CT molecular complexity index is 888. The lowest BCUT2D eigenvalue weighted by Gasteiger charge is -2.32. The average molecular weight is 355 g/mol. The molecule has 3 N–H and O–H groups in total. The SMILES string of the molecule is COc1nc(Nc2ccc3[nH]ncc3c2)nc(NN2CCN(C)CC2)n1. The Morgan fingerprint density at radius 3 is 2.69 bits per heavy atom. The lowest BCUT2D eigenvalue weighted by atomic mass is 10.2. The molecule has 1 aliphatic heterocycles. The first kappa shape index (κ1) is 16.5. The number of likely N-dealkylation sites (N-methyl/N-ethyl adjacent to an activating group) is 1. The number of hydrazine groups is 1. The standard InChI is InChI=1S/C16H21N9O/c1-24-5-7-25(8-6-24)23-15-19-14(20-16(21-15)26-2)18-12-3-4-13-11(9-12)10-17-22-13/h3-4,9-10H,5-8H2,1-2H3,(H,17,22)(H2,18,19,20,21,23). The Morgan fingerprint density at radius 1 is 1.08 bits per heavy atom. The number of methoxy groups -OCH3 is 1. The number of rotatable bonds is 5. The van der Waals surface area contributed by atoms with Gasteiger partial charge in [-0.25, -0.2) is 5.01 Å². The van der Waals surface area contributed by atoms with Gasteiger partial charge in [-0.05, 0) is 25.2 Å². The van der Waals surface area contributed by atoms with E-state index in [4.69, 9.17) is 4.74 Å². The Labute approximate surface area is 150 Å². The Morgan fingerprint density at radius 2 is 1.88 bits per heavy atom. The van der Waals surface area contributed by atoms with Gasteiger partial charge in [-0.1, -0.05) is 0 Å². The summed E-state index contributed by atoms with van der Waals surface area (Å²) in [6.07, 6.45) is 1.77. The van der Waals surface area contributed by atoms with E-state index in [1.165, 1.54) is 7.11 Å². The van der Waals surface area contributed by atoms with Crippen molar-refractivity contribution in [1.82, 2.24) is 35.1 Å². The lowest BCUT2D eigenvalue weighted by Crippen LogP contribution is -2.47. The van der Waals surface area contributed by atoms with Crippen molar-refractivity contribution >= 4 is 28.5 Å². The monoisotopic (exact) mass is 355 g/mol. The van der Waals surface area contributed by atoms with Crippen molar-refractivity contribution < 1.29 is 4.74 Å². The van der Waals surface area contributed by atoms with Crippen molar-refractivity contribution in [2.45, 2.75) is 0 Å². The number of piperazine rings is 1. The first-order chi connectivity index (χ1) is 12.7. The van der Waals surface area contributed by atoms with Crippen molar-refractivity contribution in [3.05, 3.63) is 24.4 Å². The molecule has 1 fully saturated rings. The molecule has 0 bridgehead atoms. The number of hydrogen-bond donors (Lipinski definition) is 3. The highest BCUT2D eigenvalue weighted by atomic mass is 16.5. The average Bonchev–Trinajstić information content (AvgIpc) is 3.11. The summed E-state index contributed by atoms with van der Waals surface area (Å²) >= 11 is 0. The van der Waals surface area contributed by atoms with Gasteiger partial charge in [-0.15, -0.1) is 0 Å². The van der Waals surface area contributed by atoms with Crippen molar-refractivity contribution in [3.8, 4) is 6.01 Å². The van der Waals surface area contributed by atoms with E-state index in [9.17, 15) is 0 Å². The maximum atomic E-state index is 5.21. The van der Waals surface area contributed by atoms with Crippen LogP contribution in [-0.4, -0.2) is 75.4 Å². The van der Waals surface area contributed by atoms with Gasteiger partial charge >= 0.3 is 6.01 Å². The van der Waals surface area contributed by atoms with Gasteiger partial charge in [-0.2, -0.15) is 20.1 Å². The zero-order valence-corrected chi connectivity index (χ0v) is 14.7. The van der Waals surface area contributed by atoms with Gasteiger partial charge < -0.3 is 15.0 Å². The van der Waals surface area contributed by atoms with E-state index < -0.39 is 0 Å². The summed E-state index contributed by atoms with van der Waals surface area (Å²) < 4.78 is 5.21. The molecule has 0 spiro atoms. The molecule has 0 saturated carbocycles. The Hall–Kier alpha value is -2.98. The number of aromatic amines is 1. The third kappa shape index (κ3) is 3.65. The molecule has 0 amide bonds. The van der Waals surface area contributed by atoms with E-state index in [1.54, 1.807) is 6.20 Å². The first-order valence-electron chi connectivity index (χ1n) is 8.40. The van der Waals surface area contributed by atoms with Gasteiger partial charge in [-0.3, -0.25) is 10.5 Å². The summed E-state index contributed by atoms with van der Waals surface area (Å²) in [5, 5.41) is 13.3. The van der Waals surface area contributed by atoms with Crippen LogP contribution >= 0.6 is 0 Å². The van der Waals surface area contributed by atoms with E-state index in [1.807, 2.05) is 18.2 Å². The van der Waals surface area contributed by atoms with Crippen LogP contribution in [0.3, 0.4) is 0 Å². The molecule has 3 heterocycles. The predicted molar refractivity (Wildman–Crippen MR) is 98.4 cm³/mol. The summed E-state index contributed by atoms with van der Waals surface area (Å²) in [5.74, 6) is 0.865. The number of ether oxygens (including phenoxy) is 1. The van der Waals surface area contributed by atoms with Gasteiger partial charge in [0.2, 0.25) is 11.9 Å². The highest BCUT2D eigenvalue weighted by molar-refractivity contribution is 5.82. The summed E-state index contributed by atoms with van der Waals surface area (Å²) in [6.45, 7) is 3.77. The van der Waals surface area contributed by atoms with Gasteiger partial charge in [0.1, 0.15) is 0 Å². The third-order valence-electron chi connectivity index (χ3n) is 4.26. The summed E-state index contributed by atoms with van der Waals surface area (Å²) in [4.78, 5) is 15.3. The number of H-pyrrole nitrogens is 1. The van der Waals surface area contributed by atoms with Crippen LogP contribution in [0, 0.1) is 0 Å². The second-order valence-corrected chi connectivity index (χ2v) is 6.17. The number of benzene rings is 1. The van der Waals surface area contributed by atoms with E-state index >= 15 is 0 Å². The third-order valence-corrected chi connectivity index (χ3v) is 4.26. The molecule has 10 heteroatoms. The fraction of sp³-hybridized carbons (Fsp3) is 0.375. The number of nitrogens with zero attached hydrogens (tertiary/aromatic N) is 6. The highest BCUT2D eigenvalue weighted by Crippen LogP contribution is 2.21. The molecule has 0 aliphatic carbocycles. The van der Waals surface area contributed by atoms with Crippen LogP contribution in [0.25, 0.3) is 10.9 Å². The molecule has 0 atom stereocenters. The number of aromatic nitrogens is 5. The van der Waals surface area contributed by atoms with Crippen molar-refractivity contribution in [2.24, 2.45) is 0 Å². The highest BCUT2D eigenvalue weighted by Gasteiger charge is 2.16. The van der Waals surface area contributed by atoms with E-state index in [-0.39, 0.29) is 6.01 Å². The summed E-state index contributed by atoms with van der Waals surface area (Å²) in [5.41, 5.74) is 5.07. The van der Waals surface area contributed by atoms with Gasteiger partial charge in [0.15, 0.2) is 0 Å². The van der Waals surface area contributed by atoms with E-state index in [0.717, 1.165) is 42.8 Å². The van der Waals surface area contributed by atoms with Gasteiger partial charge in [0, 0.05) is 37.3 Å². The summed E-state index contributed by atoms with van der Waals surface area (Å²) in [6, 6.07) is 6.11. The molecular weight excluding hydrogens is 334 g/mol. The normalized spacial score (nSPS) is 15.9. The molecule has 4 rings (SSSR count). The summed E-state index contributed by atoms with van der Waals surface area (Å²) in [7, 11) is 3.65. The molecule has 26 heavy (non-hydrogen) atoms. The molecule has 0 radical (unpaired) electrons. The maximum absolute atomic E-state index is 5.21. The smallest absolute Gasteiger partial charge is 0.322 e. The van der Waals surface area contributed by atoms with Crippen molar-refractivity contribution in [1.29, 1.82) is 0 Å². The van der Waals surface area contributed by atoms with Crippen molar-refractivity contribution in [3.63, 3.8) is 0 Å². The zero-order chi connectivity index (χ0) is 17.9. The number of fused-ring (bicyclic) bond motifs is 1. The Kier molecular flexibility index (Phi) is 4.50. The van der Waals surface area contributed by atoms with E-state index in [0.29, 0.717) is 11.9 Å². The van der Waals surface area contributed by atoms with Crippen LogP contribution in [0.5, 0.6) is 6.01 Å². The maximum Gasteiger partial charge on any atom is 0.322 e. The topological polar surface area (TPSA) is 107 Å². The van der Waals surface area contributed by atoms with Crippen LogP contribution in [0.1, 0.15) is 0 Å². The van der Waals surface area contributed by atoms with Gasteiger partial charge in [0.05, 0.1) is 18.8 Å². The fourth-order valence-corrected chi connectivity index (χ4v) is 2.76. The molecular formula is C16H21N9O. The van der Waals surface area contributed by atoms with Gasteiger partial charge in [0.25, 0.3) is 0 Å². The molecule has 2 aromatic heterocycles.